The highest BCUT2D eigenvalue weighted by molar-refractivity contribution is 7.89. The molecule has 0 amide bonds. The molecule has 0 saturated heterocycles. The Balaban J connectivity index is 1.77. The van der Waals surface area contributed by atoms with E-state index in [0.29, 0.717) is 13.0 Å². The zero-order chi connectivity index (χ0) is 18.8. The van der Waals surface area contributed by atoms with Crippen LogP contribution in [-0.2, 0) is 10.0 Å². The van der Waals surface area contributed by atoms with E-state index in [-0.39, 0.29) is 11.8 Å². The van der Waals surface area contributed by atoms with Gasteiger partial charge in [0.05, 0.1) is 5.75 Å². The molecule has 0 unspecified atom stereocenters. The topological polar surface area (TPSA) is 58.2 Å². The van der Waals surface area contributed by atoms with Crippen LogP contribution in [0.15, 0.2) is 54.6 Å². The van der Waals surface area contributed by atoms with Crippen molar-refractivity contribution in [1.29, 1.82) is 0 Å². The summed E-state index contributed by atoms with van der Waals surface area (Å²) in [5, 5.41) is 5.99. The number of nitrogens with one attached hydrogen (secondary N) is 2. The van der Waals surface area contributed by atoms with Crippen molar-refractivity contribution >= 4 is 20.8 Å². The maximum Gasteiger partial charge on any atom is 0.211 e. The van der Waals surface area contributed by atoms with Crippen LogP contribution in [0.4, 0.5) is 0 Å². The second-order valence-corrected chi connectivity index (χ2v) is 8.07. The summed E-state index contributed by atoms with van der Waals surface area (Å²) in [4.78, 5) is 0. The first-order valence-corrected chi connectivity index (χ1v) is 10.5. The largest absolute Gasteiger partial charge is 0.307 e. The van der Waals surface area contributed by atoms with Gasteiger partial charge in [0.25, 0.3) is 0 Å². The Morgan fingerprint density at radius 1 is 1.15 bits per heavy atom. The highest BCUT2D eigenvalue weighted by Gasteiger charge is 2.07. The average Bonchev–Trinajstić information content (AvgIpc) is 2.66. The summed E-state index contributed by atoms with van der Waals surface area (Å²) in [5.41, 5.74) is 1.28. The van der Waals surface area contributed by atoms with Gasteiger partial charge >= 0.3 is 0 Å². The Labute approximate surface area is 156 Å². The van der Waals surface area contributed by atoms with E-state index in [4.69, 9.17) is 0 Å². The third-order valence-corrected chi connectivity index (χ3v) is 5.49. The van der Waals surface area contributed by atoms with Gasteiger partial charge in [-0.3, -0.25) is 0 Å². The molecule has 2 N–H and O–H groups in total. The summed E-state index contributed by atoms with van der Waals surface area (Å²) in [5.74, 6) is 5.96. The fraction of sp³-hybridized carbons (Fsp3) is 0.333. The lowest BCUT2D eigenvalue weighted by Gasteiger charge is -2.15. The van der Waals surface area contributed by atoms with Gasteiger partial charge in [-0.1, -0.05) is 60.4 Å². The number of sulfonamides is 1. The van der Waals surface area contributed by atoms with Crippen LogP contribution in [-0.4, -0.2) is 27.3 Å². The summed E-state index contributed by atoms with van der Waals surface area (Å²) >= 11 is 0. The van der Waals surface area contributed by atoms with Gasteiger partial charge in [0, 0.05) is 25.6 Å². The van der Waals surface area contributed by atoms with Crippen molar-refractivity contribution in [3.63, 3.8) is 0 Å². The molecule has 0 aliphatic rings. The molecule has 2 aromatic rings. The first-order chi connectivity index (χ1) is 12.5. The van der Waals surface area contributed by atoms with E-state index in [1.165, 1.54) is 16.3 Å². The third-order valence-electron chi connectivity index (χ3n) is 4.09. The lowest BCUT2D eigenvalue weighted by Crippen LogP contribution is -2.25. The number of allylic oxidation sites excluding steroid dienone is 1. The van der Waals surface area contributed by atoms with E-state index in [0.717, 1.165) is 6.54 Å². The molecular formula is C21H26N2O2S. The Morgan fingerprint density at radius 3 is 2.73 bits per heavy atom. The van der Waals surface area contributed by atoms with Crippen LogP contribution in [0.2, 0.25) is 0 Å². The molecule has 4 nitrogen and oxygen atoms in total. The third kappa shape index (κ3) is 6.30. The number of rotatable bonds is 8. The molecule has 0 fully saturated rings. The maximum absolute atomic E-state index is 11.3. The van der Waals surface area contributed by atoms with E-state index >= 15 is 0 Å². The fourth-order valence-electron chi connectivity index (χ4n) is 2.60. The van der Waals surface area contributed by atoms with Crippen LogP contribution in [0, 0.1) is 11.8 Å². The smallest absolute Gasteiger partial charge is 0.211 e. The minimum absolute atomic E-state index is 0.0981. The van der Waals surface area contributed by atoms with Crippen LogP contribution >= 0.6 is 0 Å². The van der Waals surface area contributed by atoms with Gasteiger partial charge in [0.1, 0.15) is 0 Å². The quantitative estimate of drug-likeness (QED) is 0.553. The molecule has 2 rings (SSSR count). The number of hydrogen-bond acceptors (Lipinski definition) is 3. The van der Waals surface area contributed by atoms with Crippen LogP contribution in [0.1, 0.15) is 31.9 Å². The summed E-state index contributed by atoms with van der Waals surface area (Å²) in [6.07, 6.45) is 4.28. The van der Waals surface area contributed by atoms with Crippen molar-refractivity contribution in [2.45, 2.75) is 26.3 Å². The molecule has 2 aromatic carbocycles. The van der Waals surface area contributed by atoms with Crippen molar-refractivity contribution in [2.75, 3.05) is 18.8 Å². The summed E-state index contributed by atoms with van der Waals surface area (Å²) in [6, 6.07) is 15.0. The summed E-state index contributed by atoms with van der Waals surface area (Å²) < 4.78 is 25.0. The Hall–Kier alpha value is -2.13. The van der Waals surface area contributed by atoms with Crippen molar-refractivity contribution < 1.29 is 8.42 Å². The second kappa shape index (κ2) is 10.1. The Kier molecular flexibility index (Phi) is 7.86. The van der Waals surface area contributed by atoms with Gasteiger partial charge in [-0.25, -0.2) is 13.1 Å². The number of hydrogen-bond donors (Lipinski definition) is 2. The molecule has 138 valence electrons. The van der Waals surface area contributed by atoms with Gasteiger partial charge < -0.3 is 5.32 Å². The van der Waals surface area contributed by atoms with Crippen molar-refractivity contribution in [2.24, 2.45) is 0 Å². The number of benzene rings is 2. The second-order valence-electron chi connectivity index (χ2n) is 5.97. The zero-order valence-electron chi connectivity index (χ0n) is 15.3. The van der Waals surface area contributed by atoms with Crippen molar-refractivity contribution in [1.82, 2.24) is 10.0 Å². The molecular weight excluding hydrogens is 344 g/mol. The van der Waals surface area contributed by atoms with Gasteiger partial charge in [-0.2, -0.15) is 0 Å². The van der Waals surface area contributed by atoms with Gasteiger partial charge in [-0.05, 0) is 36.3 Å². The number of fused-ring (bicyclic) bond motifs is 1. The summed E-state index contributed by atoms with van der Waals surface area (Å²) in [6.45, 7) is 4.85. The minimum Gasteiger partial charge on any atom is -0.307 e. The molecule has 0 spiro atoms. The van der Waals surface area contributed by atoms with Gasteiger partial charge in [-0.15, -0.1) is 0 Å². The normalized spacial score (nSPS) is 12.8. The lowest BCUT2D eigenvalue weighted by atomic mass is 10.00. The Bertz CT molecular complexity index is 903. The van der Waals surface area contributed by atoms with E-state index in [1.807, 2.05) is 6.08 Å². The maximum atomic E-state index is 11.3. The van der Waals surface area contributed by atoms with E-state index < -0.39 is 10.0 Å². The van der Waals surface area contributed by atoms with Crippen molar-refractivity contribution in [3.8, 4) is 11.8 Å². The van der Waals surface area contributed by atoms with E-state index in [2.05, 4.69) is 71.3 Å². The molecule has 0 aliphatic carbocycles. The van der Waals surface area contributed by atoms with Crippen LogP contribution in [0.5, 0.6) is 0 Å². The summed E-state index contributed by atoms with van der Waals surface area (Å²) in [7, 11) is -3.12. The standard InChI is InChI=1S/C21H26N2O2S/c1-3-26(24,25)23-17-10-6-4-5-9-16-22-18(2)20-15-11-13-19-12-7-8-14-21(19)20/h5,7-9,11-15,18,22-23H,3,10,16-17H2,1-2H3/t18-/m1/s1. The van der Waals surface area contributed by atoms with E-state index in [1.54, 1.807) is 13.0 Å². The van der Waals surface area contributed by atoms with Crippen LogP contribution in [0.25, 0.3) is 10.8 Å². The average molecular weight is 371 g/mol. The molecule has 0 radical (unpaired) electrons. The van der Waals surface area contributed by atoms with E-state index in [9.17, 15) is 8.42 Å². The highest BCUT2D eigenvalue weighted by Crippen LogP contribution is 2.23. The molecule has 0 bridgehead atoms. The van der Waals surface area contributed by atoms with Crippen LogP contribution < -0.4 is 10.0 Å². The molecule has 1 atom stereocenters. The molecule has 0 aromatic heterocycles. The molecule has 0 heterocycles. The van der Waals surface area contributed by atoms with Crippen molar-refractivity contribution in [3.05, 3.63) is 60.2 Å². The predicted molar refractivity (Wildman–Crippen MR) is 109 cm³/mol. The first kappa shape index (κ1) is 20.2. The lowest BCUT2D eigenvalue weighted by molar-refractivity contribution is 0.584. The molecule has 0 aliphatic heterocycles. The molecule has 5 heteroatoms. The molecule has 0 saturated carbocycles. The van der Waals surface area contributed by atoms with Gasteiger partial charge in [0.15, 0.2) is 0 Å². The highest BCUT2D eigenvalue weighted by atomic mass is 32.2. The minimum atomic E-state index is -3.12. The Morgan fingerprint density at radius 2 is 1.92 bits per heavy atom. The predicted octanol–water partition coefficient (Wildman–Crippen LogP) is 3.38. The SMILES string of the molecule is CCS(=O)(=O)NCCC#CC=CCN[C@H](C)c1cccc2ccccc12. The molecule has 26 heavy (non-hydrogen) atoms. The zero-order valence-corrected chi connectivity index (χ0v) is 16.1. The van der Waals surface area contributed by atoms with Gasteiger partial charge in [0.2, 0.25) is 10.0 Å². The van der Waals surface area contributed by atoms with Crippen LogP contribution in [0.3, 0.4) is 0 Å². The fourth-order valence-corrected chi connectivity index (χ4v) is 3.22. The first-order valence-electron chi connectivity index (χ1n) is 8.85. The monoisotopic (exact) mass is 370 g/mol.